The molecule has 0 saturated carbocycles. The maximum atomic E-state index is 12.6. The van der Waals surface area contributed by atoms with E-state index in [1.165, 1.54) is 0 Å². The van der Waals surface area contributed by atoms with Gasteiger partial charge in [0.1, 0.15) is 23.4 Å². The highest BCUT2D eigenvalue weighted by Gasteiger charge is 2.42. The number of benzene rings is 2. The molecule has 0 unspecified atom stereocenters. The molecule has 2 saturated heterocycles. The fourth-order valence-electron chi connectivity index (χ4n) is 3.32. The average Bonchev–Trinajstić information content (AvgIpc) is 3.28. The van der Waals surface area contributed by atoms with Crippen molar-refractivity contribution in [2.45, 2.75) is 24.7 Å². The Kier molecular flexibility index (Phi) is 4.77. The lowest BCUT2D eigenvalue weighted by molar-refractivity contribution is 0.0656. The molecule has 3 atom stereocenters. The van der Waals surface area contributed by atoms with E-state index in [0.29, 0.717) is 30.3 Å². The molecule has 4 rings (SSSR count). The van der Waals surface area contributed by atoms with Crippen molar-refractivity contribution in [3.05, 3.63) is 54.1 Å². The number of amides is 1. The van der Waals surface area contributed by atoms with E-state index in [1.807, 2.05) is 30.3 Å². The highest BCUT2D eigenvalue weighted by molar-refractivity contribution is 5.94. The largest absolute Gasteiger partial charge is 0.497 e. The molecule has 26 heavy (non-hydrogen) atoms. The first kappa shape index (κ1) is 16.9. The molecular weight excluding hydrogens is 334 g/mol. The second-order valence-corrected chi connectivity index (χ2v) is 6.38. The summed E-state index contributed by atoms with van der Waals surface area (Å²) < 4.78 is 22.3. The van der Waals surface area contributed by atoms with Crippen molar-refractivity contribution in [3.63, 3.8) is 0 Å². The van der Waals surface area contributed by atoms with E-state index in [2.05, 4.69) is 5.32 Å². The van der Waals surface area contributed by atoms with E-state index >= 15 is 0 Å². The highest BCUT2D eigenvalue weighted by atomic mass is 16.6. The Morgan fingerprint density at radius 1 is 1.08 bits per heavy atom. The van der Waals surface area contributed by atoms with Crippen molar-refractivity contribution >= 4 is 5.91 Å². The molecule has 0 aromatic heterocycles. The standard InChI is InChI=1S/C20H21NO5/c1-23-14-5-7-15(8-6-14)26-16-4-2-3-13(11-16)20(22)21-17-12-25-18-9-10-24-19(17)18/h2-8,11,17-19H,9-10,12H2,1H3,(H,21,22)/t17-,18+,19+/m0/s1. The number of hydrogen-bond acceptors (Lipinski definition) is 5. The third kappa shape index (κ3) is 3.52. The molecule has 2 fully saturated rings. The lowest BCUT2D eigenvalue weighted by atomic mass is 10.1. The third-order valence-electron chi connectivity index (χ3n) is 4.67. The summed E-state index contributed by atoms with van der Waals surface area (Å²) in [5, 5.41) is 3.01. The number of carbonyl (C=O) groups is 1. The number of rotatable bonds is 5. The maximum absolute atomic E-state index is 12.6. The van der Waals surface area contributed by atoms with E-state index in [-0.39, 0.29) is 24.2 Å². The quantitative estimate of drug-likeness (QED) is 0.893. The second-order valence-electron chi connectivity index (χ2n) is 6.38. The maximum Gasteiger partial charge on any atom is 0.251 e. The summed E-state index contributed by atoms with van der Waals surface area (Å²) in [5.41, 5.74) is 0.539. The molecule has 1 amide bonds. The van der Waals surface area contributed by atoms with Crippen molar-refractivity contribution in [2.75, 3.05) is 20.3 Å². The number of hydrogen-bond donors (Lipinski definition) is 1. The molecule has 136 valence electrons. The van der Waals surface area contributed by atoms with Gasteiger partial charge in [-0.05, 0) is 48.9 Å². The van der Waals surface area contributed by atoms with Crippen molar-refractivity contribution in [1.29, 1.82) is 0 Å². The van der Waals surface area contributed by atoms with Crippen LogP contribution in [0.5, 0.6) is 17.2 Å². The molecule has 2 aromatic carbocycles. The Hall–Kier alpha value is -2.57. The van der Waals surface area contributed by atoms with Gasteiger partial charge in [0.2, 0.25) is 0 Å². The van der Waals surface area contributed by atoms with Gasteiger partial charge in [0, 0.05) is 12.2 Å². The molecule has 0 spiro atoms. The first-order chi connectivity index (χ1) is 12.7. The summed E-state index contributed by atoms with van der Waals surface area (Å²) in [6.07, 6.45) is 0.949. The summed E-state index contributed by atoms with van der Waals surface area (Å²) in [5.74, 6) is 1.88. The average molecular weight is 355 g/mol. The van der Waals surface area contributed by atoms with Crippen molar-refractivity contribution < 1.29 is 23.7 Å². The predicted octanol–water partition coefficient (Wildman–Crippen LogP) is 2.77. The van der Waals surface area contributed by atoms with Crippen LogP contribution in [-0.2, 0) is 9.47 Å². The zero-order chi connectivity index (χ0) is 17.9. The molecule has 2 aromatic rings. The van der Waals surface area contributed by atoms with Crippen LogP contribution in [0.4, 0.5) is 0 Å². The number of ether oxygens (including phenoxy) is 4. The first-order valence-electron chi connectivity index (χ1n) is 8.69. The number of methoxy groups -OCH3 is 1. The summed E-state index contributed by atoms with van der Waals surface area (Å²) >= 11 is 0. The minimum Gasteiger partial charge on any atom is -0.497 e. The van der Waals surface area contributed by atoms with E-state index in [9.17, 15) is 4.79 Å². The summed E-state index contributed by atoms with van der Waals surface area (Å²) in [6, 6.07) is 14.3. The van der Waals surface area contributed by atoms with Crippen molar-refractivity contribution in [3.8, 4) is 17.2 Å². The molecule has 0 bridgehead atoms. The number of carbonyl (C=O) groups excluding carboxylic acids is 1. The molecule has 6 heteroatoms. The lowest BCUT2D eigenvalue weighted by Gasteiger charge is -2.17. The summed E-state index contributed by atoms with van der Waals surface area (Å²) in [4.78, 5) is 12.6. The van der Waals surface area contributed by atoms with Gasteiger partial charge in [-0.15, -0.1) is 0 Å². The molecule has 2 aliphatic heterocycles. The van der Waals surface area contributed by atoms with Gasteiger partial charge >= 0.3 is 0 Å². The number of fused-ring (bicyclic) bond motifs is 1. The predicted molar refractivity (Wildman–Crippen MR) is 94.9 cm³/mol. The van der Waals surface area contributed by atoms with Gasteiger partial charge < -0.3 is 24.3 Å². The van der Waals surface area contributed by atoms with Gasteiger partial charge in [0.05, 0.1) is 25.9 Å². The lowest BCUT2D eigenvalue weighted by Crippen LogP contribution is -2.43. The van der Waals surface area contributed by atoms with Crippen LogP contribution in [0.1, 0.15) is 16.8 Å². The van der Waals surface area contributed by atoms with E-state index < -0.39 is 0 Å². The van der Waals surface area contributed by atoms with Gasteiger partial charge in [0.15, 0.2) is 0 Å². The van der Waals surface area contributed by atoms with E-state index in [1.54, 1.807) is 25.3 Å². The monoisotopic (exact) mass is 355 g/mol. The fraction of sp³-hybridized carbons (Fsp3) is 0.350. The highest BCUT2D eigenvalue weighted by Crippen LogP contribution is 2.27. The first-order valence-corrected chi connectivity index (χ1v) is 8.69. The SMILES string of the molecule is COc1ccc(Oc2cccc(C(=O)N[C@H]3CO[C@@H]4CCO[C@H]34)c2)cc1. The van der Waals surface area contributed by atoms with Gasteiger partial charge in [-0.1, -0.05) is 6.07 Å². The molecule has 2 aliphatic rings. The van der Waals surface area contributed by atoms with Gasteiger partial charge in [-0.25, -0.2) is 0 Å². The Bertz CT molecular complexity index is 776. The van der Waals surface area contributed by atoms with Crippen LogP contribution in [-0.4, -0.2) is 44.5 Å². The second kappa shape index (κ2) is 7.35. The van der Waals surface area contributed by atoms with Gasteiger partial charge in [-0.2, -0.15) is 0 Å². The van der Waals surface area contributed by atoms with Crippen LogP contribution >= 0.6 is 0 Å². The van der Waals surface area contributed by atoms with Crippen LogP contribution in [0.3, 0.4) is 0 Å². The molecule has 2 heterocycles. The third-order valence-corrected chi connectivity index (χ3v) is 4.67. The van der Waals surface area contributed by atoms with Crippen molar-refractivity contribution in [1.82, 2.24) is 5.32 Å². The van der Waals surface area contributed by atoms with Crippen LogP contribution in [0.2, 0.25) is 0 Å². The molecule has 0 aliphatic carbocycles. The van der Waals surface area contributed by atoms with Gasteiger partial charge in [-0.3, -0.25) is 4.79 Å². The topological polar surface area (TPSA) is 66.0 Å². The van der Waals surface area contributed by atoms with Crippen LogP contribution in [0.25, 0.3) is 0 Å². The Balaban J connectivity index is 1.42. The van der Waals surface area contributed by atoms with Crippen LogP contribution in [0.15, 0.2) is 48.5 Å². The van der Waals surface area contributed by atoms with E-state index in [4.69, 9.17) is 18.9 Å². The molecule has 1 N–H and O–H groups in total. The van der Waals surface area contributed by atoms with Crippen LogP contribution in [0, 0.1) is 0 Å². The normalized spacial score (nSPS) is 24.1. The summed E-state index contributed by atoms with van der Waals surface area (Å²) in [6.45, 7) is 1.18. The molecule has 6 nitrogen and oxygen atoms in total. The van der Waals surface area contributed by atoms with E-state index in [0.717, 1.165) is 12.2 Å². The Morgan fingerprint density at radius 3 is 2.69 bits per heavy atom. The minimum absolute atomic E-state index is 0.0438. The fourth-order valence-corrected chi connectivity index (χ4v) is 3.32. The zero-order valence-corrected chi connectivity index (χ0v) is 14.5. The molecule has 0 radical (unpaired) electrons. The van der Waals surface area contributed by atoms with Crippen LogP contribution < -0.4 is 14.8 Å². The smallest absolute Gasteiger partial charge is 0.251 e. The summed E-state index contributed by atoms with van der Waals surface area (Å²) in [7, 11) is 1.62. The minimum atomic E-state index is -0.157. The van der Waals surface area contributed by atoms with Crippen molar-refractivity contribution in [2.24, 2.45) is 0 Å². The zero-order valence-electron chi connectivity index (χ0n) is 14.5. The van der Waals surface area contributed by atoms with Gasteiger partial charge in [0.25, 0.3) is 5.91 Å². The Labute approximate surface area is 152 Å². The number of nitrogens with one attached hydrogen (secondary N) is 1. The molecular formula is C20H21NO5. The Morgan fingerprint density at radius 2 is 1.88 bits per heavy atom.